The molecule has 1 N–H and O–H groups in total. The van der Waals surface area contributed by atoms with Gasteiger partial charge in [-0.25, -0.2) is 0 Å². The van der Waals surface area contributed by atoms with E-state index in [2.05, 4.69) is 11.9 Å². The largest absolute Gasteiger partial charge is 0.497 e. The molecule has 0 aliphatic carbocycles. The summed E-state index contributed by atoms with van der Waals surface area (Å²) in [4.78, 5) is 27.1. The van der Waals surface area contributed by atoms with Gasteiger partial charge in [0.2, 0.25) is 0 Å². The van der Waals surface area contributed by atoms with Crippen molar-refractivity contribution in [2.75, 3.05) is 26.1 Å². The van der Waals surface area contributed by atoms with Gasteiger partial charge >= 0.3 is 0 Å². The normalized spacial score (nSPS) is 13.8. The first kappa shape index (κ1) is 19.2. The van der Waals surface area contributed by atoms with Gasteiger partial charge in [0, 0.05) is 12.6 Å². The van der Waals surface area contributed by atoms with Crippen LogP contribution in [0.2, 0.25) is 0 Å². The third-order valence-corrected chi connectivity index (χ3v) is 4.49. The summed E-state index contributed by atoms with van der Waals surface area (Å²) in [5, 5.41) is 3.10. The van der Waals surface area contributed by atoms with Crippen molar-refractivity contribution < 1.29 is 19.1 Å². The molecular formula is C22H22N2O4. The van der Waals surface area contributed by atoms with Crippen LogP contribution in [0.4, 0.5) is 5.69 Å². The number of rotatable bonds is 7. The molecule has 1 aliphatic heterocycles. The van der Waals surface area contributed by atoms with Gasteiger partial charge in [-0.1, -0.05) is 35.9 Å². The van der Waals surface area contributed by atoms with Crippen LogP contribution in [0.25, 0.3) is 5.57 Å². The molecule has 2 amide bonds. The Kier molecular flexibility index (Phi) is 5.49. The molecular weight excluding hydrogens is 356 g/mol. The topological polar surface area (TPSA) is 67.9 Å². The van der Waals surface area contributed by atoms with Gasteiger partial charge in [0.05, 0.1) is 25.5 Å². The average Bonchev–Trinajstić information content (AvgIpc) is 2.93. The van der Waals surface area contributed by atoms with Gasteiger partial charge in [0.15, 0.2) is 0 Å². The fourth-order valence-corrected chi connectivity index (χ4v) is 3.01. The molecule has 1 aliphatic rings. The van der Waals surface area contributed by atoms with Crippen molar-refractivity contribution in [2.45, 2.75) is 6.92 Å². The Morgan fingerprint density at radius 3 is 2.36 bits per heavy atom. The van der Waals surface area contributed by atoms with E-state index in [4.69, 9.17) is 9.47 Å². The molecule has 1 heterocycles. The zero-order valence-electron chi connectivity index (χ0n) is 16.1. The van der Waals surface area contributed by atoms with Gasteiger partial charge in [-0.15, -0.1) is 6.58 Å². The van der Waals surface area contributed by atoms with E-state index in [0.717, 1.165) is 5.56 Å². The van der Waals surface area contributed by atoms with Crippen LogP contribution in [-0.4, -0.2) is 37.5 Å². The molecule has 0 atom stereocenters. The maximum absolute atomic E-state index is 13.0. The summed E-state index contributed by atoms with van der Waals surface area (Å²) in [6, 6.07) is 12.7. The molecule has 0 aromatic heterocycles. The monoisotopic (exact) mass is 378 g/mol. The van der Waals surface area contributed by atoms with Crippen molar-refractivity contribution in [2.24, 2.45) is 0 Å². The second-order valence-corrected chi connectivity index (χ2v) is 6.32. The molecule has 6 heteroatoms. The van der Waals surface area contributed by atoms with E-state index >= 15 is 0 Å². The Morgan fingerprint density at radius 2 is 1.75 bits per heavy atom. The molecule has 2 aromatic rings. The highest BCUT2D eigenvalue weighted by molar-refractivity contribution is 6.36. The van der Waals surface area contributed by atoms with E-state index < -0.39 is 5.91 Å². The predicted molar refractivity (Wildman–Crippen MR) is 108 cm³/mol. The molecule has 2 aromatic carbocycles. The second-order valence-electron chi connectivity index (χ2n) is 6.32. The number of anilines is 1. The van der Waals surface area contributed by atoms with E-state index in [1.54, 1.807) is 25.3 Å². The number of aryl methyl sites for hydroxylation is 1. The van der Waals surface area contributed by atoms with Crippen LogP contribution in [0.1, 0.15) is 11.1 Å². The number of benzene rings is 2. The Bertz CT molecular complexity index is 961. The summed E-state index contributed by atoms with van der Waals surface area (Å²) in [7, 11) is 3.09. The predicted octanol–water partition coefficient (Wildman–Crippen LogP) is 3.39. The van der Waals surface area contributed by atoms with Gasteiger partial charge < -0.3 is 14.8 Å². The zero-order chi connectivity index (χ0) is 20.3. The van der Waals surface area contributed by atoms with Crippen molar-refractivity contribution >= 4 is 23.1 Å². The lowest BCUT2D eigenvalue weighted by Crippen LogP contribution is -2.32. The standard InChI is InChI=1S/C22H22N2O4/c1-5-12-24-21(25)19(15-8-6-14(2)7-9-15)20(22(24)26)23-17-11-10-16(27-3)13-18(17)28-4/h5-11,13,23H,1,12H2,2-4H3. The van der Waals surface area contributed by atoms with Crippen LogP contribution in [0, 0.1) is 6.92 Å². The van der Waals surface area contributed by atoms with Gasteiger partial charge in [-0.3, -0.25) is 14.5 Å². The zero-order valence-corrected chi connectivity index (χ0v) is 16.1. The van der Waals surface area contributed by atoms with Gasteiger partial charge in [-0.05, 0) is 24.6 Å². The number of nitrogens with zero attached hydrogens (tertiary/aromatic N) is 1. The SMILES string of the molecule is C=CCN1C(=O)C(Nc2ccc(OC)cc2OC)=C(c2ccc(C)cc2)C1=O. The average molecular weight is 378 g/mol. The number of hydrogen-bond acceptors (Lipinski definition) is 5. The van der Waals surface area contributed by atoms with Crippen molar-refractivity contribution in [3.8, 4) is 11.5 Å². The molecule has 144 valence electrons. The first-order valence-electron chi connectivity index (χ1n) is 8.77. The number of imide groups is 1. The minimum atomic E-state index is -0.404. The molecule has 0 fully saturated rings. The van der Waals surface area contributed by atoms with Crippen LogP contribution < -0.4 is 14.8 Å². The summed E-state index contributed by atoms with van der Waals surface area (Å²) >= 11 is 0. The molecule has 0 unspecified atom stereocenters. The molecule has 28 heavy (non-hydrogen) atoms. The molecule has 0 bridgehead atoms. The first-order chi connectivity index (χ1) is 13.5. The lowest BCUT2D eigenvalue weighted by molar-refractivity contribution is -0.136. The van der Waals surface area contributed by atoms with Crippen molar-refractivity contribution in [3.05, 3.63) is 71.9 Å². The van der Waals surface area contributed by atoms with E-state index in [-0.39, 0.29) is 18.1 Å². The van der Waals surface area contributed by atoms with Crippen LogP contribution in [0.15, 0.2) is 60.8 Å². The summed E-state index contributed by atoms with van der Waals surface area (Å²) in [6.45, 7) is 5.74. The molecule has 0 saturated carbocycles. The van der Waals surface area contributed by atoms with Crippen LogP contribution >= 0.6 is 0 Å². The maximum atomic E-state index is 13.0. The highest BCUT2D eigenvalue weighted by atomic mass is 16.5. The summed E-state index contributed by atoms with van der Waals surface area (Å²) in [6.07, 6.45) is 1.53. The Hall–Kier alpha value is -3.54. The number of carbonyl (C=O) groups excluding carboxylic acids is 2. The Labute approximate surface area is 164 Å². The highest BCUT2D eigenvalue weighted by Gasteiger charge is 2.38. The van der Waals surface area contributed by atoms with Crippen LogP contribution in [0.5, 0.6) is 11.5 Å². The fourth-order valence-electron chi connectivity index (χ4n) is 3.01. The minimum Gasteiger partial charge on any atom is -0.497 e. The first-order valence-corrected chi connectivity index (χ1v) is 8.77. The lowest BCUT2D eigenvalue weighted by atomic mass is 10.0. The third-order valence-electron chi connectivity index (χ3n) is 4.49. The van der Waals surface area contributed by atoms with Crippen LogP contribution in [-0.2, 0) is 9.59 Å². The molecule has 0 spiro atoms. The summed E-state index contributed by atoms with van der Waals surface area (Å²) in [5.41, 5.74) is 2.83. The molecule has 3 rings (SSSR count). The highest BCUT2D eigenvalue weighted by Crippen LogP contribution is 2.35. The number of hydrogen-bond donors (Lipinski definition) is 1. The number of ether oxygens (including phenoxy) is 2. The minimum absolute atomic E-state index is 0.137. The van der Waals surface area contributed by atoms with Gasteiger partial charge in [-0.2, -0.15) is 0 Å². The second kappa shape index (κ2) is 8.00. The molecule has 0 radical (unpaired) electrons. The Morgan fingerprint density at radius 1 is 1.04 bits per heavy atom. The van der Waals surface area contributed by atoms with E-state index in [1.165, 1.54) is 18.1 Å². The van der Waals surface area contributed by atoms with Gasteiger partial charge in [0.25, 0.3) is 11.8 Å². The van der Waals surface area contributed by atoms with E-state index in [0.29, 0.717) is 28.3 Å². The van der Waals surface area contributed by atoms with Crippen molar-refractivity contribution in [3.63, 3.8) is 0 Å². The van der Waals surface area contributed by atoms with Gasteiger partial charge in [0.1, 0.15) is 17.2 Å². The maximum Gasteiger partial charge on any atom is 0.278 e. The fraction of sp³-hybridized carbons (Fsp3) is 0.182. The molecule has 6 nitrogen and oxygen atoms in total. The van der Waals surface area contributed by atoms with E-state index in [9.17, 15) is 9.59 Å². The number of methoxy groups -OCH3 is 2. The van der Waals surface area contributed by atoms with Crippen molar-refractivity contribution in [1.29, 1.82) is 0 Å². The molecule has 0 saturated heterocycles. The van der Waals surface area contributed by atoms with E-state index in [1.807, 2.05) is 31.2 Å². The third kappa shape index (κ3) is 3.49. The quantitative estimate of drug-likeness (QED) is 0.591. The number of carbonyl (C=O) groups is 2. The number of amides is 2. The smallest absolute Gasteiger partial charge is 0.278 e. The summed E-state index contributed by atoms with van der Waals surface area (Å²) in [5.74, 6) is 0.358. The lowest BCUT2D eigenvalue weighted by Gasteiger charge is -2.14. The Balaban J connectivity index is 2.09. The van der Waals surface area contributed by atoms with Crippen LogP contribution in [0.3, 0.4) is 0 Å². The number of nitrogens with one attached hydrogen (secondary N) is 1. The summed E-state index contributed by atoms with van der Waals surface area (Å²) < 4.78 is 10.6. The van der Waals surface area contributed by atoms with Crippen molar-refractivity contribution in [1.82, 2.24) is 4.90 Å².